The summed E-state index contributed by atoms with van der Waals surface area (Å²) in [5.41, 5.74) is 0.789. The fraction of sp³-hybridized carbons (Fsp3) is 0.500. The molecule has 1 aliphatic carbocycles. The van der Waals surface area contributed by atoms with E-state index in [1.165, 1.54) is 17.8 Å². The monoisotopic (exact) mass is 321 g/mol. The number of thioether (sulfide) groups is 1. The van der Waals surface area contributed by atoms with Gasteiger partial charge in [0, 0.05) is 18.9 Å². The second-order valence-electron chi connectivity index (χ2n) is 5.55. The average Bonchev–Trinajstić information content (AvgIpc) is 2.46. The molecule has 0 spiro atoms. The number of Topliss-reactive ketones (excluding diaryl/α,β-unsaturated/α-hetero) is 2. The molecule has 1 aliphatic rings. The van der Waals surface area contributed by atoms with Crippen LogP contribution in [0.25, 0.3) is 0 Å². The lowest BCUT2D eigenvalue weighted by atomic mass is 9.82. The largest absolute Gasteiger partial charge is 0.299 e. The number of unbranched alkanes of at least 4 members (excludes halogenated alkanes) is 1. The molecule has 5 nitrogen and oxygen atoms in total. The predicted octanol–water partition coefficient (Wildman–Crippen LogP) is 3.89. The molecular formula is C16H19NO4S. The van der Waals surface area contributed by atoms with Gasteiger partial charge in [0.25, 0.3) is 5.69 Å². The van der Waals surface area contributed by atoms with Gasteiger partial charge in [-0.05, 0) is 29.7 Å². The minimum atomic E-state index is -0.385. The van der Waals surface area contributed by atoms with Crippen LogP contribution in [0.3, 0.4) is 0 Å². The summed E-state index contributed by atoms with van der Waals surface area (Å²) >= 11 is 1.48. The van der Waals surface area contributed by atoms with Gasteiger partial charge in [0.15, 0.2) is 0 Å². The first-order valence-electron chi connectivity index (χ1n) is 7.45. The van der Waals surface area contributed by atoms with Gasteiger partial charge in [0.05, 0.1) is 16.2 Å². The molecule has 2 rings (SSSR count). The van der Waals surface area contributed by atoms with E-state index in [-0.39, 0.29) is 34.5 Å². The van der Waals surface area contributed by atoms with Crippen molar-refractivity contribution < 1.29 is 14.5 Å². The zero-order valence-electron chi connectivity index (χ0n) is 12.5. The van der Waals surface area contributed by atoms with Crippen molar-refractivity contribution in [2.45, 2.75) is 49.8 Å². The van der Waals surface area contributed by atoms with E-state index in [0.717, 1.165) is 18.6 Å². The summed E-state index contributed by atoms with van der Waals surface area (Å²) < 4.78 is 0. The van der Waals surface area contributed by atoms with Gasteiger partial charge in [-0.25, -0.2) is 0 Å². The molecule has 0 aromatic heterocycles. The summed E-state index contributed by atoms with van der Waals surface area (Å²) in [6.07, 6.45) is 2.65. The van der Waals surface area contributed by atoms with E-state index in [2.05, 4.69) is 6.92 Å². The molecule has 0 saturated heterocycles. The highest BCUT2D eigenvalue weighted by molar-refractivity contribution is 7.99. The van der Waals surface area contributed by atoms with Crippen LogP contribution in [0, 0.1) is 10.1 Å². The van der Waals surface area contributed by atoms with E-state index >= 15 is 0 Å². The Kier molecular flexibility index (Phi) is 5.71. The Bertz CT molecular complexity index is 584. The first-order valence-corrected chi connectivity index (χ1v) is 8.44. The number of nitrogens with zero attached hydrogens (tertiary/aromatic N) is 1. The lowest BCUT2D eigenvalue weighted by molar-refractivity contribution is -0.387. The molecular weight excluding hydrogens is 302 g/mol. The third-order valence-electron chi connectivity index (χ3n) is 3.75. The molecule has 0 radical (unpaired) electrons. The number of ketones is 2. The van der Waals surface area contributed by atoms with Crippen LogP contribution in [0.2, 0.25) is 0 Å². The smallest absolute Gasteiger partial charge is 0.283 e. The Morgan fingerprint density at radius 1 is 1.27 bits per heavy atom. The van der Waals surface area contributed by atoms with Crippen molar-refractivity contribution in [1.29, 1.82) is 0 Å². The predicted molar refractivity (Wildman–Crippen MR) is 85.3 cm³/mol. The van der Waals surface area contributed by atoms with Crippen LogP contribution in [0.1, 0.15) is 50.5 Å². The second kappa shape index (κ2) is 7.54. The van der Waals surface area contributed by atoms with Crippen molar-refractivity contribution in [2.75, 3.05) is 5.75 Å². The van der Waals surface area contributed by atoms with Crippen LogP contribution in [-0.4, -0.2) is 22.2 Å². The summed E-state index contributed by atoms with van der Waals surface area (Å²) in [4.78, 5) is 34.7. The first-order chi connectivity index (χ1) is 10.5. The highest BCUT2D eigenvalue weighted by Gasteiger charge is 2.28. The molecule has 1 fully saturated rings. The summed E-state index contributed by atoms with van der Waals surface area (Å²) in [5.74, 6) is 0.467. The molecule has 0 amide bonds. The second-order valence-corrected chi connectivity index (χ2v) is 6.68. The van der Waals surface area contributed by atoms with Crippen molar-refractivity contribution in [3.8, 4) is 0 Å². The maximum Gasteiger partial charge on any atom is 0.283 e. The number of rotatable bonds is 6. The summed E-state index contributed by atoms with van der Waals surface area (Å²) in [7, 11) is 0. The Labute approximate surface area is 133 Å². The van der Waals surface area contributed by atoms with E-state index in [4.69, 9.17) is 0 Å². The Balaban J connectivity index is 2.23. The molecule has 0 aliphatic heterocycles. The van der Waals surface area contributed by atoms with E-state index < -0.39 is 0 Å². The minimum Gasteiger partial charge on any atom is -0.299 e. The van der Waals surface area contributed by atoms with Gasteiger partial charge in [-0.2, -0.15) is 0 Å². The summed E-state index contributed by atoms with van der Waals surface area (Å²) in [6.45, 7) is 2.08. The molecule has 0 unspecified atom stereocenters. The van der Waals surface area contributed by atoms with Gasteiger partial charge in [-0.15, -0.1) is 11.8 Å². The zero-order chi connectivity index (χ0) is 16.1. The van der Waals surface area contributed by atoms with Crippen molar-refractivity contribution in [1.82, 2.24) is 0 Å². The summed E-state index contributed by atoms with van der Waals surface area (Å²) in [5, 5.41) is 11.3. The van der Waals surface area contributed by atoms with Crippen molar-refractivity contribution in [2.24, 2.45) is 0 Å². The van der Waals surface area contributed by atoms with E-state index in [1.807, 2.05) is 6.07 Å². The van der Waals surface area contributed by atoms with Crippen LogP contribution in [0.5, 0.6) is 0 Å². The molecule has 118 valence electrons. The van der Waals surface area contributed by atoms with Gasteiger partial charge in [0.1, 0.15) is 11.6 Å². The number of hydrogen-bond acceptors (Lipinski definition) is 5. The molecule has 0 bridgehead atoms. The van der Waals surface area contributed by atoms with Crippen molar-refractivity contribution in [3.63, 3.8) is 0 Å². The van der Waals surface area contributed by atoms with Gasteiger partial charge in [-0.1, -0.05) is 19.4 Å². The van der Waals surface area contributed by atoms with Crippen molar-refractivity contribution in [3.05, 3.63) is 33.9 Å². The summed E-state index contributed by atoms with van der Waals surface area (Å²) in [6, 6.07) is 5.10. The van der Waals surface area contributed by atoms with Gasteiger partial charge < -0.3 is 0 Å². The fourth-order valence-corrected chi connectivity index (χ4v) is 3.70. The SMILES string of the molecule is CCCCSc1ccc(C2CC(=O)CC(=O)C2)cc1[N+](=O)[O-]. The Morgan fingerprint density at radius 3 is 2.55 bits per heavy atom. The Hall–Kier alpha value is -1.69. The maximum atomic E-state index is 11.6. The van der Waals surface area contributed by atoms with Crippen LogP contribution in [0.15, 0.2) is 23.1 Å². The number of hydrogen-bond donors (Lipinski definition) is 0. The highest BCUT2D eigenvalue weighted by atomic mass is 32.2. The molecule has 0 N–H and O–H groups in total. The molecule has 6 heteroatoms. The third-order valence-corrected chi connectivity index (χ3v) is 4.90. The molecule has 1 aromatic carbocycles. The molecule has 1 saturated carbocycles. The van der Waals surface area contributed by atoms with Crippen LogP contribution in [-0.2, 0) is 9.59 Å². The molecule has 1 aromatic rings. The number of carbonyl (C=O) groups excluding carboxylic acids is 2. The van der Waals surface area contributed by atoms with Crippen LogP contribution >= 0.6 is 11.8 Å². The fourth-order valence-electron chi connectivity index (χ4n) is 2.60. The van der Waals surface area contributed by atoms with Gasteiger partial charge in [-0.3, -0.25) is 19.7 Å². The van der Waals surface area contributed by atoms with Crippen molar-refractivity contribution >= 4 is 29.0 Å². The maximum absolute atomic E-state index is 11.6. The minimum absolute atomic E-state index is 0.00352. The number of carbonyl (C=O) groups is 2. The highest BCUT2D eigenvalue weighted by Crippen LogP contribution is 2.36. The molecule has 22 heavy (non-hydrogen) atoms. The van der Waals surface area contributed by atoms with E-state index in [0.29, 0.717) is 23.3 Å². The molecule has 0 heterocycles. The number of benzene rings is 1. The average molecular weight is 321 g/mol. The number of nitro groups is 1. The topological polar surface area (TPSA) is 77.3 Å². The third kappa shape index (κ3) is 4.16. The van der Waals surface area contributed by atoms with E-state index in [1.54, 1.807) is 6.07 Å². The normalized spacial score (nSPS) is 16.0. The zero-order valence-corrected chi connectivity index (χ0v) is 13.4. The Morgan fingerprint density at radius 2 is 1.95 bits per heavy atom. The standard InChI is InChI=1S/C16H19NO4S/c1-2-3-6-22-16-5-4-11(9-15(16)17(20)21)12-7-13(18)10-14(19)8-12/h4-5,9,12H,2-3,6-8,10H2,1H3. The van der Waals surface area contributed by atoms with Gasteiger partial charge >= 0.3 is 0 Å². The number of nitro benzene ring substituents is 1. The van der Waals surface area contributed by atoms with Gasteiger partial charge in [0.2, 0.25) is 0 Å². The lowest BCUT2D eigenvalue weighted by Crippen LogP contribution is -2.21. The van der Waals surface area contributed by atoms with E-state index in [9.17, 15) is 19.7 Å². The lowest BCUT2D eigenvalue weighted by Gasteiger charge is -2.20. The van der Waals surface area contributed by atoms with Crippen LogP contribution in [0.4, 0.5) is 5.69 Å². The quantitative estimate of drug-likeness (QED) is 0.261. The van der Waals surface area contributed by atoms with Crippen LogP contribution < -0.4 is 0 Å². The first kappa shape index (κ1) is 16.7. The molecule has 0 atom stereocenters.